The third kappa shape index (κ3) is 4.54. The number of ether oxygens (including phenoxy) is 3. The van der Waals surface area contributed by atoms with E-state index in [0.29, 0.717) is 22.8 Å². The molecule has 0 saturated heterocycles. The number of amides is 1. The van der Waals surface area contributed by atoms with E-state index in [0.717, 1.165) is 15.7 Å². The Morgan fingerprint density at radius 3 is 2.36 bits per heavy atom. The molecule has 1 N–H and O–H groups in total. The molecule has 2 aromatic carbocycles. The molecular formula is C19H20BrNO4. The molecule has 0 unspecified atom stereocenters. The minimum absolute atomic E-state index is 0.237. The number of hydrogen-bond acceptors (Lipinski definition) is 4. The van der Waals surface area contributed by atoms with Crippen LogP contribution in [0.1, 0.15) is 11.1 Å². The van der Waals surface area contributed by atoms with Crippen LogP contribution in [0.15, 0.2) is 40.9 Å². The lowest BCUT2D eigenvalue weighted by Gasteiger charge is -2.14. The van der Waals surface area contributed by atoms with Crippen molar-refractivity contribution in [1.82, 2.24) is 0 Å². The summed E-state index contributed by atoms with van der Waals surface area (Å²) in [5.41, 5.74) is 2.49. The van der Waals surface area contributed by atoms with Gasteiger partial charge in [-0.3, -0.25) is 4.79 Å². The van der Waals surface area contributed by atoms with Crippen LogP contribution in [0.4, 0.5) is 5.69 Å². The third-order valence-electron chi connectivity index (χ3n) is 3.57. The monoisotopic (exact) mass is 405 g/mol. The number of carbonyl (C=O) groups is 1. The lowest BCUT2D eigenvalue weighted by molar-refractivity contribution is -0.111. The molecule has 2 aromatic rings. The van der Waals surface area contributed by atoms with Gasteiger partial charge in [-0.15, -0.1) is 0 Å². The summed E-state index contributed by atoms with van der Waals surface area (Å²) in [7, 11) is 4.64. The Morgan fingerprint density at radius 2 is 1.76 bits per heavy atom. The number of benzene rings is 2. The van der Waals surface area contributed by atoms with Crippen molar-refractivity contribution in [2.24, 2.45) is 0 Å². The molecule has 0 spiro atoms. The van der Waals surface area contributed by atoms with Crippen molar-refractivity contribution in [1.29, 1.82) is 0 Å². The van der Waals surface area contributed by atoms with Gasteiger partial charge in [-0.2, -0.15) is 0 Å². The molecule has 0 heterocycles. The summed E-state index contributed by atoms with van der Waals surface area (Å²) in [4.78, 5) is 12.2. The Hall–Kier alpha value is -2.47. The van der Waals surface area contributed by atoms with Gasteiger partial charge in [-0.25, -0.2) is 0 Å². The minimum Gasteiger partial charge on any atom is -0.493 e. The van der Waals surface area contributed by atoms with Gasteiger partial charge in [0.25, 0.3) is 0 Å². The highest BCUT2D eigenvalue weighted by molar-refractivity contribution is 9.10. The fourth-order valence-electron chi connectivity index (χ4n) is 2.33. The molecule has 0 fully saturated rings. The van der Waals surface area contributed by atoms with Gasteiger partial charge in [-0.1, -0.05) is 15.9 Å². The maximum absolute atomic E-state index is 12.2. The van der Waals surface area contributed by atoms with Gasteiger partial charge >= 0.3 is 0 Å². The van der Waals surface area contributed by atoms with Crippen molar-refractivity contribution >= 4 is 33.6 Å². The predicted octanol–water partition coefficient (Wildman–Crippen LogP) is 4.44. The van der Waals surface area contributed by atoms with E-state index in [1.165, 1.54) is 13.2 Å². The predicted molar refractivity (Wildman–Crippen MR) is 103 cm³/mol. The summed E-state index contributed by atoms with van der Waals surface area (Å²) in [6.45, 7) is 1.96. The Morgan fingerprint density at radius 1 is 1.04 bits per heavy atom. The number of anilines is 1. The van der Waals surface area contributed by atoms with Crippen LogP contribution in [-0.4, -0.2) is 27.2 Å². The Labute approximate surface area is 155 Å². The van der Waals surface area contributed by atoms with Gasteiger partial charge in [0.15, 0.2) is 11.5 Å². The molecule has 2 rings (SSSR count). The molecule has 0 aliphatic rings. The van der Waals surface area contributed by atoms with E-state index < -0.39 is 0 Å². The van der Waals surface area contributed by atoms with Gasteiger partial charge < -0.3 is 19.5 Å². The normalized spacial score (nSPS) is 10.6. The lowest BCUT2D eigenvalue weighted by Crippen LogP contribution is -2.07. The summed E-state index contributed by atoms with van der Waals surface area (Å²) >= 11 is 3.44. The molecule has 6 heteroatoms. The van der Waals surface area contributed by atoms with Crippen molar-refractivity contribution in [2.75, 3.05) is 26.6 Å². The first-order valence-electron chi connectivity index (χ1n) is 7.54. The molecule has 0 bridgehead atoms. The van der Waals surface area contributed by atoms with Gasteiger partial charge in [0.05, 0.1) is 21.3 Å². The first-order chi connectivity index (χ1) is 12.0. The highest BCUT2D eigenvalue weighted by Gasteiger charge is 2.14. The van der Waals surface area contributed by atoms with Crippen LogP contribution in [0.25, 0.3) is 6.08 Å². The Kier molecular flexibility index (Phi) is 6.47. The van der Waals surface area contributed by atoms with E-state index in [9.17, 15) is 4.79 Å². The zero-order valence-corrected chi connectivity index (χ0v) is 16.1. The largest absolute Gasteiger partial charge is 0.493 e. The quantitative estimate of drug-likeness (QED) is 0.721. The second-order valence-electron chi connectivity index (χ2n) is 5.21. The lowest BCUT2D eigenvalue weighted by atomic mass is 10.1. The fourth-order valence-corrected chi connectivity index (χ4v) is 2.57. The maximum Gasteiger partial charge on any atom is 0.248 e. The summed E-state index contributed by atoms with van der Waals surface area (Å²) in [5, 5.41) is 2.83. The smallest absolute Gasteiger partial charge is 0.248 e. The molecule has 0 radical (unpaired) electrons. The number of halogens is 1. The van der Waals surface area contributed by atoms with E-state index in [4.69, 9.17) is 14.2 Å². The molecule has 0 atom stereocenters. The number of nitrogens with one attached hydrogen (secondary N) is 1. The highest BCUT2D eigenvalue weighted by atomic mass is 79.9. The molecule has 0 aliphatic carbocycles. The number of hydrogen-bond donors (Lipinski definition) is 1. The standard InChI is InChI=1S/C19H20BrNO4/c1-12-11-14(7-8-15(12)20)21-17(22)10-6-13-5-9-16(23-2)19(25-4)18(13)24-3/h5-11H,1-4H3,(H,21,22)/b10-6+. The summed E-state index contributed by atoms with van der Waals surface area (Å²) in [5.74, 6) is 1.31. The zero-order valence-electron chi connectivity index (χ0n) is 14.6. The molecule has 0 aliphatic heterocycles. The summed E-state index contributed by atoms with van der Waals surface area (Å²) in [6.07, 6.45) is 3.11. The van der Waals surface area contributed by atoms with E-state index in [1.807, 2.05) is 25.1 Å². The second-order valence-corrected chi connectivity index (χ2v) is 6.06. The number of methoxy groups -OCH3 is 3. The van der Waals surface area contributed by atoms with Crippen molar-refractivity contribution in [3.8, 4) is 17.2 Å². The van der Waals surface area contributed by atoms with Crippen LogP contribution >= 0.6 is 15.9 Å². The van der Waals surface area contributed by atoms with Crippen LogP contribution in [-0.2, 0) is 4.79 Å². The number of rotatable bonds is 6. The molecule has 0 saturated carbocycles. The molecule has 1 amide bonds. The summed E-state index contributed by atoms with van der Waals surface area (Å²) < 4.78 is 17.0. The Bertz CT molecular complexity index is 802. The second kappa shape index (κ2) is 8.58. The third-order valence-corrected chi connectivity index (χ3v) is 4.46. The highest BCUT2D eigenvalue weighted by Crippen LogP contribution is 2.40. The van der Waals surface area contributed by atoms with Crippen LogP contribution < -0.4 is 19.5 Å². The molecular weight excluding hydrogens is 386 g/mol. The number of aryl methyl sites for hydroxylation is 1. The average molecular weight is 406 g/mol. The average Bonchev–Trinajstić information content (AvgIpc) is 2.61. The molecule has 25 heavy (non-hydrogen) atoms. The van der Waals surface area contributed by atoms with Crippen molar-refractivity contribution in [3.63, 3.8) is 0 Å². The molecule has 132 valence electrons. The minimum atomic E-state index is -0.237. The van der Waals surface area contributed by atoms with Gasteiger partial charge in [0.1, 0.15) is 0 Å². The van der Waals surface area contributed by atoms with Crippen LogP contribution in [0.2, 0.25) is 0 Å². The van der Waals surface area contributed by atoms with E-state index >= 15 is 0 Å². The summed E-state index contributed by atoms with van der Waals surface area (Å²) in [6, 6.07) is 9.18. The van der Waals surface area contributed by atoms with E-state index in [2.05, 4.69) is 21.2 Å². The first-order valence-corrected chi connectivity index (χ1v) is 8.33. The molecule has 0 aromatic heterocycles. The first kappa shape index (κ1) is 18.9. The van der Waals surface area contributed by atoms with Crippen molar-refractivity contribution in [2.45, 2.75) is 6.92 Å². The zero-order chi connectivity index (χ0) is 18.4. The van der Waals surface area contributed by atoms with Gasteiger partial charge in [0, 0.05) is 21.8 Å². The van der Waals surface area contributed by atoms with E-state index in [-0.39, 0.29) is 5.91 Å². The van der Waals surface area contributed by atoms with Gasteiger partial charge in [0.2, 0.25) is 11.7 Å². The number of carbonyl (C=O) groups excluding carboxylic acids is 1. The van der Waals surface area contributed by atoms with Crippen LogP contribution in [0.5, 0.6) is 17.2 Å². The molecule has 5 nitrogen and oxygen atoms in total. The van der Waals surface area contributed by atoms with Crippen LogP contribution in [0, 0.1) is 6.92 Å². The Balaban J connectivity index is 2.20. The SMILES string of the molecule is COc1ccc(/C=C/C(=O)Nc2ccc(Br)c(C)c2)c(OC)c1OC. The topological polar surface area (TPSA) is 56.8 Å². The van der Waals surface area contributed by atoms with Crippen molar-refractivity contribution < 1.29 is 19.0 Å². The van der Waals surface area contributed by atoms with E-state index in [1.54, 1.807) is 32.4 Å². The van der Waals surface area contributed by atoms with Crippen molar-refractivity contribution in [3.05, 3.63) is 52.0 Å². The van der Waals surface area contributed by atoms with Gasteiger partial charge in [-0.05, 0) is 48.9 Å². The fraction of sp³-hybridized carbons (Fsp3) is 0.211. The van der Waals surface area contributed by atoms with Crippen LogP contribution in [0.3, 0.4) is 0 Å². The maximum atomic E-state index is 12.2.